The Bertz CT molecular complexity index is 230. The molecule has 0 spiro atoms. The minimum absolute atomic E-state index is 0.224. The van der Waals surface area contributed by atoms with Crippen LogP contribution < -0.4 is 10.6 Å². The van der Waals surface area contributed by atoms with Gasteiger partial charge in [0.25, 0.3) is 0 Å². The van der Waals surface area contributed by atoms with Crippen LogP contribution in [0.4, 0.5) is 0 Å². The molecule has 1 atom stereocenters. The zero-order valence-corrected chi connectivity index (χ0v) is 9.64. The van der Waals surface area contributed by atoms with Crippen LogP contribution in [0, 0.1) is 11.3 Å². The highest BCUT2D eigenvalue weighted by atomic mass is 16.1. The molecule has 1 saturated carbocycles. The third kappa shape index (κ3) is 2.71. The molecule has 86 valence electrons. The summed E-state index contributed by atoms with van der Waals surface area (Å²) in [5.41, 5.74) is 0.483. The van der Waals surface area contributed by atoms with E-state index in [4.69, 9.17) is 0 Å². The van der Waals surface area contributed by atoms with E-state index < -0.39 is 0 Å². The minimum Gasteiger partial charge on any atom is -0.355 e. The van der Waals surface area contributed by atoms with E-state index in [-0.39, 0.29) is 11.8 Å². The summed E-state index contributed by atoms with van der Waals surface area (Å²) >= 11 is 0. The van der Waals surface area contributed by atoms with Crippen molar-refractivity contribution in [1.82, 2.24) is 10.6 Å². The molecule has 15 heavy (non-hydrogen) atoms. The van der Waals surface area contributed by atoms with E-state index in [1.807, 2.05) is 0 Å². The fourth-order valence-electron chi connectivity index (χ4n) is 2.52. The molecule has 0 aromatic carbocycles. The number of hydrogen-bond donors (Lipinski definition) is 2. The summed E-state index contributed by atoms with van der Waals surface area (Å²) in [5.74, 6) is 0.491. The van der Waals surface area contributed by atoms with Crippen molar-refractivity contribution in [3.8, 4) is 0 Å². The van der Waals surface area contributed by atoms with Crippen molar-refractivity contribution in [1.29, 1.82) is 0 Å². The maximum Gasteiger partial charge on any atom is 0.224 e. The fraction of sp³-hybridized carbons (Fsp3) is 0.917. The maximum atomic E-state index is 11.8. The predicted molar refractivity (Wildman–Crippen MR) is 60.6 cm³/mol. The number of carbonyl (C=O) groups is 1. The van der Waals surface area contributed by atoms with E-state index in [1.54, 1.807) is 0 Å². The Morgan fingerprint density at radius 1 is 1.53 bits per heavy atom. The van der Waals surface area contributed by atoms with Gasteiger partial charge in [-0.25, -0.2) is 0 Å². The van der Waals surface area contributed by atoms with Crippen molar-refractivity contribution in [3.63, 3.8) is 0 Å². The van der Waals surface area contributed by atoms with Gasteiger partial charge in [-0.2, -0.15) is 0 Å². The van der Waals surface area contributed by atoms with Gasteiger partial charge in [0.15, 0.2) is 0 Å². The van der Waals surface area contributed by atoms with Crippen LogP contribution in [-0.4, -0.2) is 25.5 Å². The van der Waals surface area contributed by atoms with Gasteiger partial charge in [-0.05, 0) is 37.6 Å². The minimum atomic E-state index is 0.224. The average Bonchev–Trinajstić information content (AvgIpc) is 2.81. The third-order valence-corrected chi connectivity index (χ3v) is 3.81. The second-order valence-corrected chi connectivity index (χ2v) is 5.16. The third-order valence-electron chi connectivity index (χ3n) is 3.81. The quantitative estimate of drug-likeness (QED) is 0.718. The summed E-state index contributed by atoms with van der Waals surface area (Å²) in [6.07, 6.45) is 6.14. The SMILES string of the molecule is CCCC1(CNC(=O)C2CCNC2)CC1. The topological polar surface area (TPSA) is 41.1 Å². The molecule has 0 aromatic heterocycles. The first-order valence-corrected chi connectivity index (χ1v) is 6.24. The molecule has 2 N–H and O–H groups in total. The van der Waals surface area contributed by atoms with Crippen LogP contribution in [0.3, 0.4) is 0 Å². The second-order valence-electron chi connectivity index (χ2n) is 5.16. The summed E-state index contributed by atoms with van der Waals surface area (Å²) in [4.78, 5) is 11.8. The Kier molecular flexibility index (Phi) is 3.29. The van der Waals surface area contributed by atoms with E-state index in [0.717, 1.165) is 26.1 Å². The van der Waals surface area contributed by atoms with E-state index in [1.165, 1.54) is 25.7 Å². The fourth-order valence-corrected chi connectivity index (χ4v) is 2.52. The van der Waals surface area contributed by atoms with Gasteiger partial charge in [-0.1, -0.05) is 13.3 Å². The Balaban J connectivity index is 1.70. The Morgan fingerprint density at radius 3 is 2.87 bits per heavy atom. The molecule has 1 aliphatic heterocycles. The van der Waals surface area contributed by atoms with Gasteiger partial charge in [0.05, 0.1) is 5.92 Å². The lowest BCUT2D eigenvalue weighted by Gasteiger charge is -2.16. The zero-order chi connectivity index (χ0) is 10.7. The first-order chi connectivity index (χ1) is 7.26. The Labute approximate surface area is 92.0 Å². The highest BCUT2D eigenvalue weighted by Gasteiger charge is 2.41. The van der Waals surface area contributed by atoms with Gasteiger partial charge in [-0.3, -0.25) is 4.79 Å². The molecule has 0 bridgehead atoms. The standard InChI is InChI=1S/C12H22N2O/c1-2-4-12(5-6-12)9-14-11(15)10-3-7-13-8-10/h10,13H,2-9H2,1H3,(H,14,15). The van der Waals surface area contributed by atoms with E-state index in [9.17, 15) is 4.79 Å². The maximum absolute atomic E-state index is 11.8. The Hall–Kier alpha value is -0.570. The lowest BCUT2D eigenvalue weighted by Crippen LogP contribution is -2.35. The molecule has 2 rings (SSSR count). The first-order valence-electron chi connectivity index (χ1n) is 6.24. The molecule has 3 heteroatoms. The van der Waals surface area contributed by atoms with Crippen molar-refractivity contribution in [2.24, 2.45) is 11.3 Å². The van der Waals surface area contributed by atoms with Gasteiger partial charge in [-0.15, -0.1) is 0 Å². The molecule has 2 aliphatic rings. The van der Waals surface area contributed by atoms with E-state index >= 15 is 0 Å². The lowest BCUT2D eigenvalue weighted by atomic mass is 10.00. The van der Waals surface area contributed by atoms with Gasteiger partial charge in [0.2, 0.25) is 5.91 Å². The lowest BCUT2D eigenvalue weighted by molar-refractivity contribution is -0.124. The normalized spacial score (nSPS) is 27.7. The van der Waals surface area contributed by atoms with E-state index in [2.05, 4.69) is 17.6 Å². The number of carbonyl (C=O) groups excluding carboxylic acids is 1. The molecule has 2 fully saturated rings. The molecular weight excluding hydrogens is 188 g/mol. The van der Waals surface area contributed by atoms with Crippen molar-refractivity contribution in [2.45, 2.75) is 39.0 Å². The zero-order valence-electron chi connectivity index (χ0n) is 9.64. The number of amides is 1. The highest BCUT2D eigenvalue weighted by Crippen LogP contribution is 2.48. The molecular formula is C12H22N2O. The Morgan fingerprint density at radius 2 is 2.33 bits per heavy atom. The van der Waals surface area contributed by atoms with Crippen LogP contribution >= 0.6 is 0 Å². The van der Waals surface area contributed by atoms with Crippen molar-refractivity contribution < 1.29 is 4.79 Å². The number of rotatable bonds is 5. The molecule has 1 aliphatic carbocycles. The monoisotopic (exact) mass is 210 g/mol. The van der Waals surface area contributed by atoms with Crippen LogP contribution in [-0.2, 0) is 4.79 Å². The number of hydrogen-bond acceptors (Lipinski definition) is 2. The number of nitrogens with one attached hydrogen (secondary N) is 2. The summed E-state index contributed by atoms with van der Waals surface area (Å²) in [6.45, 7) is 5.00. The van der Waals surface area contributed by atoms with Crippen molar-refractivity contribution >= 4 is 5.91 Å². The summed E-state index contributed by atoms with van der Waals surface area (Å²) in [5, 5.41) is 6.36. The van der Waals surface area contributed by atoms with Crippen LogP contribution in [0.2, 0.25) is 0 Å². The molecule has 0 radical (unpaired) electrons. The summed E-state index contributed by atoms with van der Waals surface area (Å²) < 4.78 is 0. The highest BCUT2D eigenvalue weighted by molar-refractivity contribution is 5.79. The van der Waals surface area contributed by atoms with Gasteiger partial charge < -0.3 is 10.6 Å². The molecule has 1 saturated heterocycles. The van der Waals surface area contributed by atoms with Crippen molar-refractivity contribution in [3.05, 3.63) is 0 Å². The first kappa shape index (κ1) is 10.9. The van der Waals surface area contributed by atoms with E-state index in [0.29, 0.717) is 5.41 Å². The molecule has 1 heterocycles. The largest absolute Gasteiger partial charge is 0.355 e. The van der Waals surface area contributed by atoms with Crippen molar-refractivity contribution in [2.75, 3.05) is 19.6 Å². The van der Waals surface area contributed by atoms with Crippen LogP contribution in [0.15, 0.2) is 0 Å². The van der Waals surface area contributed by atoms with Crippen LogP contribution in [0.5, 0.6) is 0 Å². The average molecular weight is 210 g/mol. The molecule has 1 amide bonds. The summed E-state index contributed by atoms with van der Waals surface area (Å²) in [6, 6.07) is 0. The molecule has 1 unspecified atom stereocenters. The molecule has 0 aromatic rings. The molecule has 3 nitrogen and oxygen atoms in total. The van der Waals surface area contributed by atoms with Gasteiger partial charge >= 0.3 is 0 Å². The summed E-state index contributed by atoms with van der Waals surface area (Å²) in [7, 11) is 0. The van der Waals surface area contributed by atoms with Gasteiger partial charge in [0.1, 0.15) is 0 Å². The van der Waals surface area contributed by atoms with Crippen LogP contribution in [0.25, 0.3) is 0 Å². The second kappa shape index (κ2) is 4.52. The van der Waals surface area contributed by atoms with Crippen LogP contribution in [0.1, 0.15) is 39.0 Å². The van der Waals surface area contributed by atoms with Gasteiger partial charge in [0, 0.05) is 13.1 Å². The smallest absolute Gasteiger partial charge is 0.224 e. The predicted octanol–water partition coefficient (Wildman–Crippen LogP) is 1.29.